The summed E-state index contributed by atoms with van der Waals surface area (Å²) in [7, 11) is 1.82. The van der Waals surface area contributed by atoms with E-state index in [1.165, 1.54) is 36.1 Å². The molecule has 7 nitrogen and oxygen atoms in total. The average molecular weight is 349 g/mol. The van der Waals surface area contributed by atoms with Crippen LogP contribution in [0.3, 0.4) is 0 Å². The highest BCUT2D eigenvalue weighted by Crippen LogP contribution is 2.55. The van der Waals surface area contributed by atoms with Crippen molar-refractivity contribution in [3.8, 4) is 0 Å². The van der Waals surface area contributed by atoms with Crippen molar-refractivity contribution >= 4 is 5.91 Å². The van der Waals surface area contributed by atoms with Gasteiger partial charge < -0.3 is 9.64 Å². The van der Waals surface area contributed by atoms with Gasteiger partial charge in [-0.2, -0.15) is 0 Å². The molecule has 0 aliphatic heterocycles. The smallest absolute Gasteiger partial charge is 0.328 e. The Morgan fingerprint density at radius 3 is 2.72 bits per heavy atom. The minimum Gasteiger partial charge on any atom is -0.378 e. The van der Waals surface area contributed by atoms with Crippen LogP contribution in [-0.2, 0) is 16.1 Å². The average Bonchev–Trinajstić information content (AvgIpc) is 2.60. The molecular weight excluding hydrogens is 322 g/mol. The van der Waals surface area contributed by atoms with E-state index in [-0.39, 0.29) is 30.0 Å². The van der Waals surface area contributed by atoms with Gasteiger partial charge in [0, 0.05) is 37.4 Å². The fraction of sp³-hybridized carbons (Fsp3) is 0.722. The number of amides is 1. The fourth-order valence-electron chi connectivity index (χ4n) is 4.57. The maximum atomic E-state index is 12.7. The van der Waals surface area contributed by atoms with E-state index in [2.05, 4.69) is 4.98 Å². The van der Waals surface area contributed by atoms with E-state index in [4.69, 9.17) is 4.74 Å². The van der Waals surface area contributed by atoms with Gasteiger partial charge in [-0.25, -0.2) is 4.79 Å². The van der Waals surface area contributed by atoms with Crippen LogP contribution in [0.2, 0.25) is 0 Å². The number of likely N-dealkylation sites (N-methyl/N-ethyl adjacent to an activating group) is 1. The summed E-state index contributed by atoms with van der Waals surface area (Å²) in [6, 6.07) is 1.42. The largest absolute Gasteiger partial charge is 0.378 e. The van der Waals surface area contributed by atoms with Gasteiger partial charge in [0.15, 0.2) is 0 Å². The van der Waals surface area contributed by atoms with Gasteiger partial charge in [-0.15, -0.1) is 0 Å². The first-order chi connectivity index (χ1) is 12.0. The number of hydrogen-bond acceptors (Lipinski definition) is 4. The molecule has 25 heavy (non-hydrogen) atoms. The summed E-state index contributed by atoms with van der Waals surface area (Å²) in [5.41, 5.74) is -0.946. The van der Waals surface area contributed by atoms with Crippen molar-refractivity contribution in [3.63, 3.8) is 0 Å². The first-order valence-corrected chi connectivity index (χ1v) is 9.15. The van der Waals surface area contributed by atoms with Crippen molar-refractivity contribution in [2.24, 2.45) is 5.41 Å². The highest BCUT2D eigenvalue weighted by Gasteiger charge is 2.57. The zero-order chi connectivity index (χ0) is 18.0. The third-order valence-electron chi connectivity index (χ3n) is 5.96. The van der Waals surface area contributed by atoms with Gasteiger partial charge in [-0.05, 0) is 26.2 Å². The molecule has 2 saturated carbocycles. The van der Waals surface area contributed by atoms with Crippen molar-refractivity contribution in [1.82, 2.24) is 14.5 Å². The first-order valence-electron chi connectivity index (χ1n) is 9.15. The molecule has 1 amide bonds. The molecule has 0 aromatic carbocycles. The van der Waals surface area contributed by atoms with Crippen molar-refractivity contribution < 1.29 is 9.53 Å². The Morgan fingerprint density at radius 2 is 2.08 bits per heavy atom. The third-order valence-corrected chi connectivity index (χ3v) is 5.96. The molecule has 1 aromatic heterocycles. The molecule has 0 radical (unpaired) electrons. The monoisotopic (exact) mass is 349 g/mol. The maximum Gasteiger partial charge on any atom is 0.328 e. The van der Waals surface area contributed by atoms with Crippen LogP contribution >= 0.6 is 0 Å². The lowest BCUT2D eigenvalue weighted by molar-refractivity contribution is -0.185. The second-order valence-corrected chi connectivity index (χ2v) is 7.23. The SMILES string of the molecule is CCO[C@H]1C[C@@H](N(C)C(=O)Cn2ccc(=O)[nH]c2=O)C12CCCCC2. The van der Waals surface area contributed by atoms with Gasteiger partial charge in [0.05, 0.1) is 6.10 Å². The van der Waals surface area contributed by atoms with Crippen LogP contribution in [0.15, 0.2) is 21.9 Å². The second-order valence-electron chi connectivity index (χ2n) is 7.23. The van der Waals surface area contributed by atoms with Crippen LogP contribution in [-0.4, -0.2) is 46.2 Å². The molecule has 7 heteroatoms. The zero-order valence-electron chi connectivity index (χ0n) is 15.0. The molecule has 0 saturated heterocycles. The number of aromatic nitrogens is 2. The number of carbonyl (C=O) groups is 1. The Kier molecular flexibility index (Phi) is 5.13. The Morgan fingerprint density at radius 1 is 1.36 bits per heavy atom. The predicted molar refractivity (Wildman–Crippen MR) is 93.4 cm³/mol. The number of carbonyl (C=O) groups excluding carboxylic acids is 1. The lowest BCUT2D eigenvalue weighted by Crippen LogP contribution is -2.66. The molecule has 138 valence electrons. The lowest BCUT2D eigenvalue weighted by Gasteiger charge is -2.60. The molecule has 3 rings (SSSR count). The fourth-order valence-corrected chi connectivity index (χ4v) is 4.57. The van der Waals surface area contributed by atoms with E-state index < -0.39 is 11.2 Å². The molecule has 1 spiro atoms. The maximum absolute atomic E-state index is 12.7. The zero-order valence-corrected chi connectivity index (χ0v) is 15.0. The van der Waals surface area contributed by atoms with Crippen LogP contribution < -0.4 is 11.2 Å². The van der Waals surface area contributed by atoms with E-state index in [1.54, 1.807) is 4.90 Å². The molecule has 2 atom stereocenters. The van der Waals surface area contributed by atoms with E-state index >= 15 is 0 Å². The standard InChI is InChI=1S/C18H27N3O4/c1-3-25-14-11-13(18(14)8-5-4-6-9-18)20(2)16(23)12-21-10-7-15(22)19-17(21)24/h7,10,13-14H,3-6,8-9,11-12H2,1-2H3,(H,19,22,24)/t13-,14+/m1/s1. The Hall–Kier alpha value is -1.89. The Labute approximate surface area is 147 Å². The number of ether oxygens (including phenoxy) is 1. The Bertz CT molecular complexity index is 732. The van der Waals surface area contributed by atoms with Crippen LogP contribution in [0.4, 0.5) is 0 Å². The van der Waals surface area contributed by atoms with Crippen molar-refractivity contribution in [3.05, 3.63) is 33.1 Å². The second kappa shape index (κ2) is 7.15. The molecular formula is C18H27N3O4. The highest BCUT2D eigenvalue weighted by molar-refractivity contribution is 5.76. The van der Waals surface area contributed by atoms with Gasteiger partial charge in [-0.3, -0.25) is 19.1 Å². The van der Waals surface area contributed by atoms with Crippen molar-refractivity contribution in [1.29, 1.82) is 0 Å². The quantitative estimate of drug-likeness (QED) is 0.863. The molecule has 1 N–H and O–H groups in total. The summed E-state index contributed by atoms with van der Waals surface area (Å²) in [5.74, 6) is -0.112. The van der Waals surface area contributed by atoms with Crippen LogP contribution in [0, 0.1) is 5.41 Å². The van der Waals surface area contributed by atoms with Crippen LogP contribution in [0.5, 0.6) is 0 Å². The van der Waals surface area contributed by atoms with Gasteiger partial charge in [0.1, 0.15) is 6.54 Å². The summed E-state index contributed by atoms with van der Waals surface area (Å²) in [4.78, 5) is 39.6. The molecule has 2 aliphatic rings. The molecule has 2 aliphatic carbocycles. The van der Waals surface area contributed by atoms with E-state index in [9.17, 15) is 14.4 Å². The highest BCUT2D eigenvalue weighted by atomic mass is 16.5. The molecule has 1 aromatic rings. The van der Waals surface area contributed by atoms with Gasteiger partial charge >= 0.3 is 5.69 Å². The number of nitrogens with one attached hydrogen (secondary N) is 1. The topological polar surface area (TPSA) is 84.4 Å². The lowest BCUT2D eigenvalue weighted by atomic mass is 9.54. The minimum atomic E-state index is -0.553. The van der Waals surface area contributed by atoms with Crippen molar-refractivity contribution in [2.45, 2.75) is 64.1 Å². The summed E-state index contributed by atoms with van der Waals surface area (Å²) in [5, 5.41) is 0. The summed E-state index contributed by atoms with van der Waals surface area (Å²) in [6.07, 6.45) is 8.26. The minimum absolute atomic E-state index is 0.0575. The number of hydrogen-bond donors (Lipinski definition) is 1. The number of H-pyrrole nitrogens is 1. The van der Waals surface area contributed by atoms with Crippen molar-refractivity contribution in [2.75, 3.05) is 13.7 Å². The molecule has 0 unspecified atom stereocenters. The third kappa shape index (κ3) is 3.29. The normalized spacial score (nSPS) is 24.7. The van der Waals surface area contributed by atoms with Gasteiger partial charge in [0.2, 0.25) is 5.91 Å². The van der Waals surface area contributed by atoms with E-state index in [1.807, 2.05) is 14.0 Å². The summed E-state index contributed by atoms with van der Waals surface area (Å²) >= 11 is 0. The first kappa shape index (κ1) is 17.9. The Balaban J connectivity index is 1.73. The molecule has 0 bridgehead atoms. The predicted octanol–water partition coefficient (Wildman–Crippen LogP) is 1.12. The van der Waals surface area contributed by atoms with E-state index in [0.29, 0.717) is 6.61 Å². The van der Waals surface area contributed by atoms with Crippen LogP contribution in [0.25, 0.3) is 0 Å². The van der Waals surface area contributed by atoms with Gasteiger partial charge in [-0.1, -0.05) is 19.3 Å². The summed E-state index contributed by atoms with van der Waals surface area (Å²) < 4.78 is 7.19. The van der Waals surface area contributed by atoms with E-state index in [0.717, 1.165) is 19.3 Å². The number of rotatable bonds is 5. The van der Waals surface area contributed by atoms with Crippen LogP contribution in [0.1, 0.15) is 45.4 Å². The summed E-state index contributed by atoms with van der Waals surface area (Å²) in [6.45, 7) is 2.66. The molecule has 2 fully saturated rings. The number of aromatic amines is 1. The number of nitrogens with zero attached hydrogens (tertiary/aromatic N) is 2. The van der Waals surface area contributed by atoms with Gasteiger partial charge in [0.25, 0.3) is 5.56 Å². The molecule has 1 heterocycles.